The molecule has 0 saturated heterocycles. The van der Waals surface area contributed by atoms with E-state index in [0.29, 0.717) is 10.4 Å². The number of amidine groups is 3. The largest absolute Gasteiger partial charge is 0.493 e. The zero-order valence-electron chi connectivity index (χ0n) is 18.8. The molecule has 3 heterocycles. The number of rotatable bonds is 6. The van der Waals surface area contributed by atoms with Crippen LogP contribution >= 0.6 is 23.3 Å². The van der Waals surface area contributed by atoms with Gasteiger partial charge in [0.05, 0.1) is 30.4 Å². The Morgan fingerprint density at radius 3 is 2.69 bits per heavy atom. The van der Waals surface area contributed by atoms with Crippen molar-refractivity contribution >= 4 is 67.2 Å². The Morgan fingerprint density at radius 2 is 2.03 bits per heavy atom. The summed E-state index contributed by atoms with van der Waals surface area (Å²) in [5.41, 5.74) is 0.342. The summed E-state index contributed by atoms with van der Waals surface area (Å²) in [4.78, 5) is 30.4. The third-order valence-corrected chi connectivity index (χ3v) is 8.35. The number of carbonyl (C=O) groups is 2. The van der Waals surface area contributed by atoms with E-state index in [1.807, 2.05) is 0 Å². The summed E-state index contributed by atoms with van der Waals surface area (Å²) in [5, 5.41) is 10.0. The van der Waals surface area contributed by atoms with E-state index in [4.69, 9.17) is 14.9 Å². The van der Waals surface area contributed by atoms with Gasteiger partial charge >= 0.3 is 5.97 Å². The van der Waals surface area contributed by atoms with E-state index in [-0.39, 0.29) is 44.9 Å². The van der Waals surface area contributed by atoms with Crippen molar-refractivity contribution in [1.29, 1.82) is 5.41 Å². The first-order valence-corrected chi connectivity index (χ1v) is 13.6. The van der Waals surface area contributed by atoms with Crippen molar-refractivity contribution in [3.63, 3.8) is 0 Å². The fourth-order valence-corrected chi connectivity index (χ4v) is 6.61. The van der Waals surface area contributed by atoms with Gasteiger partial charge in [-0.2, -0.15) is 9.39 Å². The zero-order valence-corrected chi connectivity index (χ0v) is 21.3. The molecule has 182 valence electrons. The number of hydrogen-bond acceptors (Lipinski definition) is 10. The van der Waals surface area contributed by atoms with Crippen LogP contribution in [0.15, 0.2) is 50.7 Å². The fourth-order valence-electron chi connectivity index (χ4n) is 3.28. The van der Waals surface area contributed by atoms with Crippen molar-refractivity contribution in [2.45, 2.75) is 13.8 Å². The number of methoxy groups -OCH3 is 1. The number of ether oxygens (including phenoxy) is 2. The standard InChI is InChI=1S/C22H20N4O6S3/c1-12(2)11-35(29,30)22-25-34-21-24-19(27)14(18(23)26(21)22)9-13-6-7-15(16(10-13)31-3)32-20(28)17-5-4-8-33-17/h4-10,12,23H,11H2,1-3H3/b14-9-,23-18?. The van der Waals surface area contributed by atoms with Crippen molar-refractivity contribution in [3.05, 3.63) is 51.7 Å². The summed E-state index contributed by atoms with van der Waals surface area (Å²) in [6.45, 7) is 3.53. The summed E-state index contributed by atoms with van der Waals surface area (Å²) in [5.74, 6) is -1.45. The van der Waals surface area contributed by atoms with Crippen molar-refractivity contribution in [1.82, 2.24) is 4.90 Å². The molecular weight excluding hydrogens is 512 g/mol. The van der Waals surface area contributed by atoms with E-state index >= 15 is 0 Å². The molecule has 0 aliphatic carbocycles. The van der Waals surface area contributed by atoms with Crippen LogP contribution in [0.5, 0.6) is 11.5 Å². The van der Waals surface area contributed by atoms with Crippen LogP contribution < -0.4 is 9.47 Å². The molecule has 1 aromatic heterocycles. The van der Waals surface area contributed by atoms with Crippen LogP contribution in [0, 0.1) is 11.3 Å². The van der Waals surface area contributed by atoms with E-state index in [0.717, 1.165) is 16.8 Å². The lowest BCUT2D eigenvalue weighted by Crippen LogP contribution is -2.46. The molecule has 1 aromatic carbocycles. The lowest BCUT2D eigenvalue weighted by Gasteiger charge is -2.24. The van der Waals surface area contributed by atoms with Gasteiger partial charge in [-0.05, 0) is 41.1 Å². The average molecular weight is 533 g/mol. The summed E-state index contributed by atoms with van der Waals surface area (Å²) in [7, 11) is -2.39. The minimum absolute atomic E-state index is 0.0212. The molecule has 1 amide bonds. The molecule has 0 radical (unpaired) electrons. The van der Waals surface area contributed by atoms with Crippen LogP contribution in [-0.2, 0) is 14.6 Å². The average Bonchev–Trinajstić information content (AvgIpc) is 3.47. The number of amides is 1. The SMILES string of the molecule is COc1cc(/C=C2/C(=N)N3C(=NC2=O)SN=C3S(=O)(=O)CC(C)C)ccc1OC(=O)c1cccs1. The van der Waals surface area contributed by atoms with Crippen LogP contribution in [-0.4, -0.2) is 54.2 Å². The van der Waals surface area contributed by atoms with E-state index in [9.17, 15) is 18.0 Å². The van der Waals surface area contributed by atoms with Crippen molar-refractivity contribution in [3.8, 4) is 11.5 Å². The van der Waals surface area contributed by atoms with E-state index in [1.54, 1.807) is 37.4 Å². The number of aliphatic imine (C=N–C) groups is 1. The first-order chi connectivity index (χ1) is 16.6. The van der Waals surface area contributed by atoms with Gasteiger partial charge in [0.1, 0.15) is 10.7 Å². The number of nitrogens with zero attached hydrogens (tertiary/aromatic N) is 3. The number of thiophene rings is 1. The molecule has 0 spiro atoms. The predicted octanol–water partition coefficient (Wildman–Crippen LogP) is 3.62. The Balaban J connectivity index is 1.63. The molecule has 10 nitrogen and oxygen atoms in total. The Kier molecular flexibility index (Phi) is 6.92. The van der Waals surface area contributed by atoms with Gasteiger partial charge in [-0.1, -0.05) is 26.0 Å². The Bertz CT molecular complexity index is 1410. The minimum Gasteiger partial charge on any atom is -0.493 e. The monoisotopic (exact) mass is 532 g/mol. The van der Waals surface area contributed by atoms with Crippen LogP contribution in [0.2, 0.25) is 0 Å². The number of fused-ring (bicyclic) bond motifs is 1. The van der Waals surface area contributed by atoms with Crippen LogP contribution in [0.25, 0.3) is 6.08 Å². The third-order valence-electron chi connectivity index (χ3n) is 4.75. The molecule has 2 aliphatic rings. The second-order valence-corrected chi connectivity index (χ2v) is 11.5. The highest BCUT2D eigenvalue weighted by Crippen LogP contribution is 2.33. The zero-order chi connectivity index (χ0) is 25.3. The molecule has 13 heteroatoms. The van der Waals surface area contributed by atoms with Gasteiger partial charge in [-0.15, -0.1) is 11.3 Å². The van der Waals surface area contributed by atoms with Crippen LogP contribution in [0.3, 0.4) is 0 Å². The Hall–Kier alpha value is -3.29. The molecular formula is C22H20N4O6S3. The lowest BCUT2D eigenvalue weighted by atomic mass is 10.1. The maximum absolute atomic E-state index is 12.8. The van der Waals surface area contributed by atoms with E-state index in [2.05, 4.69) is 9.39 Å². The van der Waals surface area contributed by atoms with Crippen LogP contribution in [0.4, 0.5) is 0 Å². The molecule has 2 aliphatic heterocycles. The molecule has 0 atom stereocenters. The quantitative estimate of drug-likeness (QED) is 0.258. The maximum Gasteiger partial charge on any atom is 0.353 e. The summed E-state index contributed by atoms with van der Waals surface area (Å²) in [6, 6.07) is 8.00. The molecule has 0 bridgehead atoms. The second-order valence-electron chi connectivity index (χ2n) is 7.86. The van der Waals surface area contributed by atoms with Crippen molar-refractivity contribution in [2.75, 3.05) is 12.9 Å². The van der Waals surface area contributed by atoms with Gasteiger partial charge in [-0.25, -0.2) is 18.1 Å². The van der Waals surface area contributed by atoms with E-state index < -0.39 is 21.7 Å². The topological polar surface area (TPSA) is 139 Å². The maximum atomic E-state index is 12.8. The van der Waals surface area contributed by atoms with Crippen LogP contribution in [0.1, 0.15) is 29.1 Å². The summed E-state index contributed by atoms with van der Waals surface area (Å²) < 4.78 is 40.3. The van der Waals surface area contributed by atoms with Gasteiger partial charge < -0.3 is 9.47 Å². The molecule has 0 saturated carbocycles. The number of hydrogen-bond donors (Lipinski definition) is 1. The lowest BCUT2D eigenvalue weighted by molar-refractivity contribution is -0.114. The Labute approximate surface area is 209 Å². The van der Waals surface area contributed by atoms with Crippen molar-refractivity contribution < 1.29 is 27.5 Å². The van der Waals surface area contributed by atoms with Gasteiger partial charge in [0.25, 0.3) is 5.91 Å². The molecule has 1 N–H and O–H groups in total. The van der Waals surface area contributed by atoms with Gasteiger partial charge in [0.15, 0.2) is 11.5 Å². The third kappa shape index (κ3) is 5.06. The van der Waals surface area contributed by atoms with Gasteiger partial charge in [0, 0.05) is 0 Å². The number of esters is 1. The highest BCUT2D eigenvalue weighted by Gasteiger charge is 2.42. The highest BCUT2D eigenvalue weighted by atomic mass is 32.2. The molecule has 0 unspecified atom stereocenters. The van der Waals surface area contributed by atoms with Gasteiger partial charge in [0.2, 0.25) is 20.2 Å². The normalized spacial score (nSPS) is 16.9. The molecule has 4 rings (SSSR count). The molecule has 0 fully saturated rings. The Morgan fingerprint density at radius 1 is 1.26 bits per heavy atom. The first-order valence-electron chi connectivity index (χ1n) is 10.3. The number of benzene rings is 1. The number of nitrogens with one attached hydrogen (secondary N) is 1. The van der Waals surface area contributed by atoms with Crippen molar-refractivity contribution in [2.24, 2.45) is 15.3 Å². The number of carbonyl (C=O) groups excluding carboxylic acids is 2. The highest BCUT2D eigenvalue weighted by molar-refractivity contribution is 8.16. The smallest absolute Gasteiger partial charge is 0.353 e. The summed E-state index contributed by atoms with van der Waals surface area (Å²) >= 11 is 1.99. The first kappa shape index (κ1) is 24.8. The fraction of sp³-hybridized carbons (Fsp3) is 0.227. The molecule has 35 heavy (non-hydrogen) atoms. The van der Waals surface area contributed by atoms with Gasteiger partial charge in [-0.3, -0.25) is 10.2 Å². The summed E-state index contributed by atoms with van der Waals surface area (Å²) in [6.07, 6.45) is 1.40. The minimum atomic E-state index is -3.80. The number of sulfone groups is 1. The second kappa shape index (κ2) is 9.76. The predicted molar refractivity (Wildman–Crippen MR) is 136 cm³/mol. The molecule has 2 aromatic rings. The van der Waals surface area contributed by atoms with E-state index in [1.165, 1.54) is 36.7 Å².